The third-order valence-corrected chi connectivity index (χ3v) is 2.38. The Balaban J connectivity index is 0. The van der Waals surface area contributed by atoms with Crippen LogP contribution in [-0.4, -0.2) is 26.5 Å². The van der Waals surface area contributed by atoms with Crippen LogP contribution in [0.15, 0.2) is 0 Å². The van der Waals surface area contributed by atoms with Crippen LogP contribution in [0.5, 0.6) is 0 Å². The average Bonchev–Trinajstić information content (AvgIpc) is 2.29. The van der Waals surface area contributed by atoms with E-state index in [4.69, 9.17) is 0 Å². The molecule has 0 aromatic carbocycles. The predicted molar refractivity (Wildman–Crippen MR) is 76.3 cm³/mol. The van der Waals surface area contributed by atoms with Gasteiger partial charge in [-0.05, 0) is 27.4 Å². The molecule has 3 heteroatoms. The van der Waals surface area contributed by atoms with E-state index in [-0.39, 0.29) is 5.91 Å². The molecule has 0 fully saturated rings. The minimum Gasteiger partial charge on any atom is -0.356 e. The Kier molecular flexibility index (Phi) is 19.7. The highest BCUT2D eigenvalue weighted by Crippen LogP contribution is 2.07. The van der Waals surface area contributed by atoms with Crippen LogP contribution in [0.1, 0.15) is 65.2 Å². The largest absolute Gasteiger partial charge is 0.356 e. The molecule has 17 heavy (non-hydrogen) atoms. The van der Waals surface area contributed by atoms with Crippen LogP contribution in [0.25, 0.3) is 0 Å². The van der Waals surface area contributed by atoms with Crippen LogP contribution in [0.2, 0.25) is 0 Å². The number of carbonyl (C=O) groups is 1. The van der Waals surface area contributed by atoms with Gasteiger partial charge in [-0.3, -0.25) is 4.79 Å². The van der Waals surface area contributed by atoms with Crippen molar-refractivity contribution < 1.29 is 4.79 Å². The first kappa shape index (κ1) is 18.8. The van der Waals surface area contributed by atoms with E-state index in [1.165, 1.54) is 38.5 Å². The Labute approximate surface area is 108 Å². The van der Waals surface area contributed by atoms with E-state index in [9.17, 15) is 4.79 Å². The second kappa shape index (κ2) is 17.8. The fraction of sp³-hybridized carbons (Fsp3) is 0.929. The highest BCUT2D eigenvalue weighted by atomic mass is 16.1. The molecule has 0 aromatic heterocycles. The summed E-state index contributed by atoms with van der Waals surface area (Å²) in [4.78, 5) is 11.1. The molecule has 0 bridgehead atoms. The van der Waals surface area contributed by atoms with Crippen molar-refractivity contribution in [1.29, 1.82) is 0 Å². The van der Waals surface area contributed by atoms with E-state index in [0.717, 1.165) is 13.0 Å². The van der Waals surface area contributed by atoms with Crippen LogP contribution in [0, 0.1) is 0 Å². The van der Waals surface area contributed by atoms with Gasteiger partial charge in [0.05, 0.1) is 0 Å². The number of rotatable bonds is 9. The smallest absolute Gasteiger partial charge is 0.219 e. The molecule has 0 aromatic rings. The van der Waals surface area contributed by atoms with E-state index >= 15 is 0 Å². The molecular formula is C14H32N2O. The first-order valence-corrected chi connectivity index (χ1v) is 7.08. The van der Waals surface area contributed by atoms with Gasteiger partial charge < -0.3 is 10.6 Å². The number of unbranched alkanes of at least 4 members (excludes halogenated alkanes) is 6. The summed E-state index contributed by atoms with van der Waals surface area (Å²) in [6, 6.07) is 0. The van der Waals surface area contributed by atoms with Crippen LogP contribution in [-0.2, 0) is 4.79 Å². The van der Waals surface area contributed by atoms with Crippen molar-refractivity contribution in [2.45, 2.75) is 65.2 Å². The number of hydrogen-bond donors (Lipinski definition) is 2. The Morgan fingerprint density at radius 2 is 1.35 bits per heavy atom. The number of hydrogen-bond acceptors (Lipinski definition) is 2. The fourth-order valence-electron chi connectivity index (χ4n) is 1.53. The molecule has 0 aliphatic heterocycles. The minimum absolute atomic E-state index is 0.209. The summed E-state index contributed by atoms with van der Waals surface area (Å²) in [6.45, 7) is 4.95. The van der Waals surface area contributed by atoms with Gasteiger partial charge in [0.2, 0.25) is 5.91 Å². The Morgan fingerprint density at radius 1 is 0.882 bits per heavy atom. The molecule has 0 saturated carbocycles. The van der Waals surface area contributed by atoms with E-state index in [1.807, 2.05) is 21.0 Å². The van der Waals surface area contributed by atoms with Gasteiger partial charge in [-0.25, -0.2) is 0 Å². The van der Waals surface area contributed by atoms with Crippen LogP contribution < -0.4 is 10.6 Å². The Morgan fingerprint density at radius 3 is 1.82 bits per heavy atom. The monoisotopic (exact) mass is 244 g/mol. The first-order chi connectivity index (χ1) is 8.22. The zero-order chi connectivity index (χ0) is 13.4. The summed E-state index contributed by atoms with van der Waals surface area (Å²) in [6.07, 6.45) is 9.62. The van der Waals surface area contributed by atoms with Gasteiger partial charge >= 0.3 is 0 Å². The van der Waals surface area contributed by atoms with Gasteiger partial charge in [-0.1, -0.05) is 45.4 Å². The molecule has 0 aliphatic rings. The number of carbonyl (C=O) groups excluding carboxylic acids is 1. The Hall–Kier alpha value is -0.570. The SMILES string of the molecule is CCCCCCCCCC(=O)NCC.CNC. The van der Waals surface area contributed by atoms with Gasteiger partial charge in [0.1, 0.15) is 0 Å². The molecular weight excluding hydrogens is 212 g/mol. The summed E-state index contributed by atoms with van der Waals surface area (Å²) in [5, 5.41) is 5.57. The molecule has 0 saturated heterocycles. The normalized spacial score (nSPS) is 9.41. The zero-order valence-corrected chi connectivity index (χ0v) is 12.3. The Bertz CT molecular complexity index is 149. The maximum Gasteiger partial charge on any atom is 0.219 e. The predicted octanol–water partition coefficient (Wildman–Crippen LogP) is 3.10. The molecule has 2 N–H and O–H groups in total. The molecule has 0 rings (SSSR count). The molecule has 0 spiro atoms. The van der Waals surface area contributed by atoms with E-state index in [2.05, 4.69) is 17.6 Å². The van der Waals surface area contributed by atoms with Gasteiger partial charge in [-0.15, -0.1) is 0 Å². The molecule has 0 heterocycles. The standard InChI is InChI=1S/C12H25NO.C2H7N/c1-3-5-6-7-8-9-10-11-12(14)13-4-2;1-3-2/h3-11H2,1-2H3,(H,13,14);3H,1-2H3. The molecule has 3 nitrogen and oxygen atoms in total. The van der Waals surface area contributed by atoms with Gasteiger partial charge in [-0.2, -0.15) is 0 Å². The second-order valence-electron chi connectivity index (χ2n) is 4.32. The van der Waals surface area contributed by atoms with Gasteiger partial charge in [0.25, 0.3) is 0 Å². The highest BCUT2D eigenvalue weighted by molar-refractivity contribution is 5.75. The summed E-state index contributed by atoms with van der Waals surface area (Å²) in [5.41, 5.74) is 0. The topological polar surface area (TPSA) is 41.1 Å². The number of amides is 1. The summed E-state index contributed by atoms with van der Waals surface area (Å²) in [5.74, 6) is 0.209. The van der Waals surface area contributed by atoms with Crippen molar-refractivity contribution >= 4 is 5.91 Å². The summed E-state index contributed by atoms with van der Waals surface area (Å²) in [7, 11) is 3.75. The summed E-state index contributed by atoms with van der Waals surface area (Å²) >= 11 is 0. The lowest BCUT2D eigenvalue weighted by atomic mass is 10.1. The maximum absolute atomic E-state index is 11.1. The third-order valence-electron chi connectivity index (χ3n) is 2.38. The first-order valence-electron chi connectivity index (χ1n) is 7.08. The van der Waals surface area contributed by atoms with Crippen LogP contribution in [0.4, 0.5) is 0 Å². The van der Waals surface area contributed by atoms with Crippen LogP contribution >= 0.6 is 0 Å². The van der Waals surface area contributed by atoms with Crippen molar-refractivity contribution in [1.82, 2.24) is 10.6 Å². The molecule has 0 unspecified atom stereocenters. The van der Waals surface area contributed by atoms with Crippen molar-refractivity contribution in [2.75, 3.05) is 20.6 Å². The lowest BCUT2D eigenvalue weighted by Gasteiger charge is -2.02. The van der Waals surface area contributed by atoms with Crippen LogP contribution in [0.3, 0.4) is 0 Å². The van der Waals surface area contributed by atoms with E-state index in [1.54, 1.807) is 0 Å². The second-order valence-corrected chi connectivity index (χ2v) is 4.32. The lowest BCUT2D eigenvalue weighted by Crippen LogP contribution is -2.21. The van der Waals surface area contributed by atoms with Gasteiger partial charge in [0.15, 0.2) is 0 Å². The van der Waals surface area contributed by atoms with E-state index < -0.39 is 0 Å². The van der Waals surface area contributed by atoms with Crippen molar-refractivity contribution in [3.05, 3.63) is 0 Å². The molecule has 1 amide bonds. The minimum atomic E-state index is 0.209. The van der Waals surface area contributed by atoms with Gasteiger partial charge in [0, 0.05) is 13.0 Å². The zero-order valence-electron chi connectivity index (χ0n) is 12.3. The van der Waals surface area contributed by atoms with Crippen molar-refractivity contribution in [3.63, 3.8) is 0 Å². The average molecular weight is 244 g/mol. The summed E-state index contributed by atoms with van der Waals surface area (Å²) < 4.78 is 0. The number of nitrogens with one attached hydrogen (secondary N) is 2. The van der Waals surface area contributed by atoms with E-state index in [0.29, 0.717) is 6.42 Å². The third kappa shape index (κ3) is 21.3. The fourth-order valence-corrected chi connectivity index (χ4v) is 1.53. The van der Waals surface area contributed by atoms with Crippen molar-refractivity contribution in [2.24, 2.45) is 0 Å². The molecule has 104 valence electrons. The molecule has 0 radical (unpaired) electrons. The highest BCUT2D eigenvalue weighted by Gasteiger charge is 1.98. The maximum atomic E-state index is 11.1. The van der Waals surface area contributed by atoms with Crippen molar-refractivity contribution in [3.8, 4) is 0 Å². The molecule has 0 atom stereocenters. The molecule has 0 aliphatic carbocycles. The quantitative estimate of drug-likeness (QED) is 0.612. The lowest BCUT2D eigenvalue weighted by molar-refractivity contribution is -0.121.